The van der Waals surface area contributed by atoms with Crippen LogP contribution in [-0.2, 0) is 11.2 Å². The van der Waals surface area contributed by atoms with Crippen LogP contribution in [0.5, 0.6) is 0 Å². The molecule has 0 spiro atoms. The number of anilines is 2. The van der Waals surface area contributed by atoms with E-state index in [2.05, 4.69) is 20.4 Å². The summed E-state index contributed by atoms with van der Waals surface area (Å²) in [7, 11) is 0. The fourth-order valence-electron chi connectivity index (χ4n) is 3.85. The summed E-state index contributed by atoms with van der Waals surface area (Å²) in [6, 6.07) is 17.1. The summed E-state index contributed by atoms with van der Waals surface area (Å²) in [4.78, 5) is 20.7. The second-order valence-corrected chi connectivity index (χ2v) is 8.20. The minimum absolute atomic E-state index is 0.124. The summed E-state index contributed by atoms with van der Waals surface area (Å²) in [5, 5.41) is 7.19. The van der Waals surface area contributed by atoms with E-state index in [0.717, 1.165) is 17.0 Å². The minimum Gasteiger partial charge on any atom is -0.382 e. The molecule has 8 heteroatoms. The third kappa shape index (κ3) is 6.14. The van der Waals surface area contributed by atoms with Gasteiger partial charge in [-0.2, -0.15) is 0 Å². The van der Waals surface area contributed by atoms with Crippen LogP contribution in [0.3, 0.4) is 0 Å². The largest absolute Gasteiger partial charge is 0.382 e. The Kier molecular flexibility index (Phi) is 7.26. The van der Waals surface area contributed by atoms with Gasteiger partial charge in [0.25, 0.3) is 0 Å². The van der Waals surface area contributed by atoms with Gasteiger partial charge in [0, 0.05) is 29.2 Å². The summed E-state index contributed by atoms with van der Waals surface area (Å²) < 4.78 is 1.68. The third-order valence-electron chi connectivity index (χ3n) is 5.54. The molecule has 0 bridgehead atoms. The van der Waals surface area contributed by atoms with Gasteiger partial charge in [-0.25, -0.2) is 9.50 Å². The number of nitrogens with two attached hydrogens (primary N) is 2. The monoisotopic (exact) mass is 443 g/mol. The highest BCUT2D eigenvalue weighted by atomic mass is 16.1. The van der Waals surface area contributed by atoms with Gasteiger partial charge < -0.3 is 16.8 Å². The number of nitrogens with one attached hydrogen (secondary N) is 1. The van der Waals surface area contributed by atoms with Crippen molar-refractivity contribution in [1.29, 1.82) is 0 Å². The van der Waals surface area contributed by atoms with Crippen LogP contribution in [0, 0.1) is 0 Å². The molecule has 5 rings (SSSR count). The van der Waals surface area contributed by atoms with Crippen molar-refractivity contribution in [1.82, 2.24) is 19.6 Å². The average molecular weight is 444 g/mol. The normalized spacial score (nSPS) is 13.8. The van der Waals surface area contributed by atoms with Crippen LogP contribution in [0.1, 0.15) is 37.8 Å². The third-order valence-corrected chi connectivity index (χ3v) is 5.54. The van der Waals surface area contributed by atoms with E-state index in [1.54, 1.807) is 23.0 Å². The van der Waals surface area contributed by atoms with Gasteiger partial charge in [0.1, 0.15) is 5.82 Å². The molecule has 1 saturated carbocycles. The van der Waals surface area contributed by atoms with E-state index in [-0.39, 0.29) is 12.3 Å². The van der Waals surface area contributed by atoms with Crippen LogP contribution in [0.15, 0.2) is 67.0 Å². The van der Waals surface area contributed by atoms with Crippen LogP contribution in [0.25, 0.3) is 16.9 Å². The van der Waals surface area contributed by atoms with E-state index >= 15 is 0 Å². The van der Waals surface area contributed by atoms with Gasteiger partial charge in [-0.3, -0.25) is 9.78 Å². The first-order valence-corrected chi connectivity index (χ1v) is 11.2. The van der Waals surface area contributed by atoms with Crippen LogP contribution in [0.2, 0.25) is 0 Å². The Bertz CT molecular complexity index is 1200. The number of amides is 1. The Morgan fingerprint density at radius 3 is 2.61 bits per heavy atom. The van der Waals surface area contributed by atoms with Crippen molar-refractivity contribution >= 4 is 23.1 Å². The van der Waals surface area contributed by atoms with Crippen molar-refractivity contribution in [2.24, 2.45) is 5.73 Å². The number of fused-ring (bicyclic) bond motifs is 1. The number of nitrogen functional groups attached to an aromatic ring is 1. The molecule has 0 saturated heterocycles. The second-order valence-electron chi connectivity index (χ2n) is 8.20. The highest BCUT2D eigenvalue weighted by Crippen LogP contribution is 2.23. The van der Waals surface area contributed by atoms with E-state index in [1.807, 2.05) is 48.5 Å². The van der Waals surface area contributed by atoms with Crippen LogP contribution >= 0.6 is 0 Å². The molecule has 3 heterocycles. The Morgan fingerprint density at radius 1 is 1.03 bits per heavy atom. The average Bonchev–Trinajstić information content (AvgIpc) is 3.24. The number of aromatic nitrogens is 4. The maximum Gasteiger partial charge on any atom is 0.230 e. The lowest BCUT2D eigenvalue weighted by molar-refractivity contribution is -0.115. The van der Waals surface area contributed by atoms with Crippen molar-refractivity contribution < 1.29 is 4.79 Å². The number of hydrogen-bond acceptors (Lipinski definition) is 6. The molecule has 4 aromatic rings. The fourth-order valence-corrected chi connectivity index (χ4v) is 3.85. The Balaban J connectivity index is 0.000000318. The Labute approximate surface area is 193 Å². The van der Waals surface area contributed by atoms with Gasteiger partial charge in [-0.15, -0.1) is 5.10 Å². The molecule has 1 aliphatic rings. The smallest absolute Gasteiger partial charge is 0.230 e. The van der Waals surface area contributed by atoms with Gasteiger partial charge in [0.15, 0.2) is 5.65 Å². The zero-order chi connectivity index (χ0) is 23.0. The molecule has 0 atom stereocenters. The predicted molar refractivity (Wildman–Crippen MR) is 130 cm³/mol. The number of imidazole rings is 1. The number of carbonyl (C=O) groups excluding carboxylic acids is 1. The minimum atomic E-state index is -0.124. The van der Waals surface area contributed by atoms with Gasteiger partial charge in [-0.1, -0.05) is 37.5 Å². The number of benzene rings is 1. The van der Waals surface area contributed by atoms with E-state index in [1.165, 1.54) is 32.1 Å². The molecule has 5 N–H and O–H groups in total. The molecule has 33 heavy (non-hydrogen) atoms. The summed E-state index contributed by atoms with van der Waals surface area (Å²) in [5.41, 5.74) is 15.2. The number of nitrogens with zero attached hydrogens (tertiary/aromatic N) is 4. The molecule has 1 aliphatic carbocycles. The SMILES string of the molecule is NC1CCCCC1.Nc1ccc2ncc(-c3cccc(NC(=O)Cc4ccccn4)c3)n2n1. The van der Waals surface area contributed by atoms with Gasteiger partial charge in [0.05, 0.1) is 18.3 Å². The molecule has 170 valence electrons. The topological polar surface area (TPSA) is 124 Å². The maximum absolute atomic E-state index is 12.2. The first-order chi connectivity index (χ1) is 16.1. The van der Waals surface area contributed by atoms with E-state index < -0.39 is 0 Å². The number of carbonyl (C=O) groups is 1. The molecule has 0 radical (unpaired) electrons. The zero-order valence-electron chi connectivity index (χ0n) is 18.5. The molecular formula is C25H29N7O. The fraction of sp³-hybridized carbons (Fsp3) is 0.280. The van der Waals surface area contributed by atoms with Crippen LogP contribution in [-0.4, -0.2) is 31.5 Å². The zero-order valence-corrected chi connectivity index (χ0v) is 18.5. The molecule has 3 aromatic heterocycles. The van der Waals surface area contributed by atoms with Crippen molar-refractivity contribution in [3.63, 3.8) is 0 Å². The lowest BCUT2D eigenvalue weighted by Gasteiger charge is -2.15. The summed E-state index contributed by atoms with van der Waals surface area (Å²) in [5.74, 6) is 0.290. The molecule has 1 amide bonds. The van der Waals surface area contributed by atoms with Crippen LogP contribution in [0.4, 0.5) is 11.5 Å². The molecular weight excluding hydrogens is 414 g/mol. The number of hydrogen-bond donors (Lipinski definition) is 3. The van der Waals surface area contributed by atoms with Gasteiger partial charge in [-0.05, 0) is 49.2 Å². The highest BCUT2D eigenvalue weighted by Gasteiger charge is 2.10. The molecule has 1 aromatic carbocycles. The molecule has 0 unspecified atom stereocenters. The summed E-state index contributed by atoms with van der Waals surface area (Å²) in [6.07, 6.45) is 10.3. The van der Waals surface area contributed by atoms with Crippen molar-refractivity contribution in [2.75, 3.05) is 11.1 Å². The highest BCUT2D eigenvalue weighted by molar-refractivity contribution is 5.92. The summed E-state index contributed by atoms with van der Waals surface area (Å²) in [6.45, 7) is 0. The first-order valence-electron chi connectivity index (χ1n) is 11.2. The van der Waals surface area contributed by atoms with E-state index in [0.29, 0.717) is 23.2 Å². The maximum atomic E-state index is 12.2. The molecule has 8 nitrogen and oxygen atoms in total. The molecule has 0 aliphatic heterocycles. The lowest BCUT2D eigenvalue weighted by atomic mass is 9.97. The van der Waals surface area contributed by atoms with Crippen molar-refractivity contribution in [2.45, 2.75) is 44.6 Å². The number of rotatable bonds is 4. The van der Waals surface area contributed by atoms with Crippen molar-refractivity contribution in [3.8, 4) is 11.3 Å². The first kappa shape index (κ1) is 22.4. The van der Waals surface area contributed by atoms with Gasteiger partial charge >= 0.3 is 0 Å². The van der Waals surface area contributed by atoms with E-state index in [9.17, 15) is 4.79 Å². The van der Waals surface area contributed by atoms with Crippen LogP contribution < -0.4 is 16.8 Å². The van der Waals surface area contributed by atoms with Crippen molar-refractivity contribution in [3.05, 3.63) is 72.7 Å². The molecule has 1 fully saturated rings. The summed E-state index contributed by atoms with van der Waals surface area (Å²) >= 11 is 0. The quantitative estimate of drug-likeness (QED) is 0.440. The van der Waals surface area contributed by atoms with E-state index in [4.69, 9.17) is 11.5 Å². The lowest BCUT2D eigenvalue weighted by Crippen LogP contribution is -2.22. The predicted octanol–water partition coefficient (Wildman–Crippen LogP) is 3.83. The van der Waals surface area contributed by atoms with Gasteiger partial charge in [0.2, 0.25) is 5.91 Å². The second kappa shape index (κ2) is 10.7. The Morgan fingerprint density at radius 2 is 1.88 bits per heavy atom. The standard InChI is InChI=1S/C19H16N6O.C6H13N/c20-17-7-8-18-22-12-16(25(18)24-17)13-4-3-6-15(10-13)23-19(26)11-14-5-1-2-9-21-14;7-6-4-2-1-3-5-6/h1-10,12H,11H2,(H2,20,24)(H,23,26);6H,1-5,7H2. The Hall–Kier alpha value is -3.78. The number of pyridine rings is 1.